The van der Waals surface area contributed by atoms with Gasteiger partial charge in [-0.2, -0.15) is 0 Å². The molecule has 2 aromatic heterocycles. The summed E-state index contributed by atoms with van der Waals surface area (Å²) in [7, 11) is 0. The quantitative estimate of drug-likeness (QED) is 0.816. The number of nitrogens with two attached hydrogens (primary N) is 1. The van der Waals surface area contributed by atoms with E-state index in [0.29, 0.717) is 5.82 Å². The van der Waals surface area contributed by atoms with Crippen LogP contribution in [-0.2, 0) is 6.42 Å². The summed E-state index contributed by atoms with van der Waals surface area (Å²) in [6.07, 6.45) is 2.63. The summed E-state index contributed by atoms with van der Waals surface area (Å²) in [5, 5.41) is 0. The zero-order chi connectivity index (χ0) is 9.97. The van der Waals surface area contributed by atoms with Crippen LogP contribution in [0.2, 0.25) is 0 Å². The SMILES string of the molecule is Cc1ncsc1Cc1ccnc(N)c1. The Morgan fingerprint density at radius 1 is 1.43 bits per heavy atom. The lowest BCUT2D eigenvalue weighted by atomic mass is 10.1. The van der Waals surface area contributed by atoms with Crippen molar-refractivity contribution in [1.82, 2.24) is 9.97 Å². The van der Waals surface area contributed by atoms with Crippen LogP contribution in [-0.4, -0.2) is 9.97 Å². The highest BCUT2D eigenvalue weighted by molar-refractivity contribution is 7.09. The van der Waals surface area contributed by atoms with Crippen LogP contribution in [0.5, 0.6) is 0 Å². The highest BCUT2D eigenvalue weighted by Crippen LogP contribution is 2.17. The minimum Gasteiger partial charge on any atom is -0.384 e. The van der Waals surface area contributed by atoms with Gasteiger partial charge in [-0.3, -0.25) is 0 Å². The van der Waals surface area contributed by atoms with Crippen LogP contribution >= 0.6 is 11.3 Å². The summed E-state index contributed by atoms with van der Waals surface area (Å²) in [5.41, 5.74) is 9.76. The number of aromatic nitrogens is 2. The molecule has 72 valence electrons. The lowest BCUT2D eigenvalue weighted by Gasteiger charge is -2.00. The molecular weight excluding hydrogens is 194 g/mol. The normalized spacial score (nSPS) is 10.4. The van der Waals surface area contributed by atoms with Gasteiger partial charge < -0.3 is 5.73 Å². The summed E-state index contributed by atoms with van der Waals surface area (Å²) < 4.78 is 0. The summed E-state index contributed by atoms with van der Waals surface area (Å²) in [6.45, 7) is 2.02. The van der Waals surface area contributed by atoms with Crippen LogP contribution in [0.25, 0.3) is 0 Å². The molecule has 0 saturated heterocycles. The van der Waals surface area contributed by atoms with Gasteiger partial charge in [-0.05, 0) is 24.6 Å². The summed E-state index contributed by atoms with van der Waals surface area (Å²) in [4.78, 5) is 9.45. The van der Waals surface area contributed by atoms with Crippen LogP contribution in [0.15, 0.2) is 23.8 Å². The first-order chi connectivity index (χ1) is 6.75. The number of hydrogen-bond acceptors (Lipinski definition) is 4. The van der Waals surface area contributed by atoms with Crippen molar-refractivity contribution in [2.24, 2.45) is 0 Å². The van der Waals surface area contributed by atoms with Gasteiger partial charge >= 0.3 is 0 Å². The second kappa shape index (κ2) is 3.75. The Labute approximate surface area is 86.6 Å². The van der Waals surface area contributed by atoms with E-state index in [2.05, 4.69) is 9.97 Å². The standard InChI is InChI=1S/C10H11N3S/c1-7-9(14-6-13-7)4-8-2-3-12-10(11)5-8/h2-3,5-6H,4H2,1H3,(H2,11,12). The molecule has 2 rings (SSSR count). The van der Waals surface area contributed by atoms with Crippen molar-refractivity contribution in [1.29, 1.82) is 0 Å². The predicted molar refractivity (Wildman–Crippen MR) is 58.3 cm³/mol. The van der Waals surface area contributed by atoms with E-state index in [1.807, 2.05) is 24.6 Å². The van der Waals surface area contributed by atoms with Crippen LogP contribution < -0.4 is 5.73 Å². The number of aryl methyl sites for hydroxylation is 1. The number of nitrogens with zero attached hydrogens (tertiary/aromatic N) is 2. The van der Waals surface area contributed by atoms with E-state index >= 15 is 0 Å². The van der Waals surface area contributed by atoms with E-state index in [0.717, 1.165) is 12.1 Å². The molecule has 14 heavy (non-hydrogen) atoms. The van der Waals surface area contributed by atoms with Crippen LogP contribution in [0, 0.1) is 6.92 Å². The highest BCUT2D eigenvalue weighted by atomic mass is 32.1. The van der Waals surface area contributed by atoms with Crippen molar-refractivity contribution in [2.45, 2.75) is 13.3 Å². The molecule has 4 heteroatoms. The van der Waals surface area contributed by atoms with Gasteiger partial charge in [0.15, 0.2) is 0 Å². The van der Waals surface area contributed by atoms with E-state index in [-0.39, 0.29) is 0 Å². The fourth-order valence-electron chi connectivity index (χ4n) is 1.29. The fourth-order valence-corrected chi connectivity index (χ4v) is 2.10. The third-order valence-corrected chi connectivity index (χ3v) is 2.99. The minimum atomic E-state index is 0.574. The van der Waals surface area contributed by atoms with Crippen molar-refractivity contribution in [2.75, 3.05) is 5.73 Å². The second-order valence-corrected chi connectivity index (χ2v) is 4.07. The molecule has 0 amide bonds. The largest absolute Gasteiger partial charge is 0.384 e. The highest BCUT2D eigenvalue weighted by Gasteiger charge is 2.02. The van der Waals surface area contributed by atoms with Crippen molar-refractivity contribution in [3.05, 3.63) is 40.0 Å². The third kappa shape index (κ3) is 1.90. The third-order valence-electron chi connectivity index (χ3n) is 2.06. The van der Waals surface area contributed by atoms with Gasteiger partial charge in [-0.1, -0.05) is 0 Å². The van der Waals surface area contributed by atoms with Gasteiger partial charge in [-0.25, -0.2) is 9.97 Å². The first-order valence-corrected chi connectivity index (χ1v) is 5.23. The van der Waals surface area contributed by atoms with E-state index in [4.69, 9.17) is 5.73 Å². The maximum atomic E-state index is 5.60. The smallest absolute Gasteiger partial charge is 0.123 e. The van der Waals surface area contributed by atoms with Crippen molar-refractivity contribution >= 4 is 17.2 Å². The van der Waals surface area contributed by atoms with Crippen molar-refractivity contribution in [3.8, 4) is 0 Å². The van der Waals surface area contributed by atoms with Crippen molar-refractivity contribution in [3.63, 3.8) is 0 Å². The second-order valence-electron chi connectivity index (χ2n) is 3.13. The summed E-state index contributed by atoms with van der Waals surface area (Å²) in [6, 6.07) is 3.88. The van der Waals surface area contributed by atoms with Crippen LogP contribution in [0.4, 0.5) is 5.82 Å². The summed E-state index contributed by atoms with van der Waals surface area (Å²) >= 11 is 1.68. The molecule has 0 unspecified atom stereocenters. The molecule has 0 spiro atoms. The average molecular weight is 205 g/mol. The van der Waals surface area contributed by atoms with E-state index in [1.165, 1.54) is 10.4 Å². The number of thiazole rings is 1. The molecule has 0 aliphatic rings. The van der Waals surface area contributed by atoms with Crippen LogP contribution in [0.3, 0.4) is 0 Å². The molecule has 2 N–H and O–H groups in total. The van der Waals surface area contributed by atoms with Gasteiger partial charge in [-0.15, -0.1) is 11.3 Å². The number of rotatable bonds is 2. The van der Waals surface area contributed by atoms with E-state index < -0.39 is 0 Å². The molecule has 2 aromatic rings. The first-order valence-electron chi connectivity index (χ1n) is 4.35. The molecule has 0 atom stereocenters. The molecule has 0 aromatic carbocycles. The zero-order valence-corrected chi connectivity index (χ0v) is 8.71. The van der Waals surface area contributed by atoms with E-state index in [9.17, 15) is 0 Å². The Morgan fingerprint density at radius 2 is 2.29 bits per heavy atom. The molecule has 0 aliphatic carbocycles. The first kappa shape index (κ1) is 9.15. The lowest BCUT2D eigenvalue weighted by molar-refractivity contribution is 1.14. The summed E-state index contributed by atoms with van der Waals surface area (Å²) in [5.74, 6) is 0.574. The zero-order valence-electron chi connectivity index (χ0n) is 7.90. The van der Waals surface area contributed by atoms with Gasteiger partial charge in [0.1, 0.15) is 5.82 Å². The average Bonchev–Trinajstić information content (AvgIpc) is 2.52. The van der Waals surface area contributed by atoms with Crippen molar-refractivity contribution < 1.29 is 0 Å². The monoisotopic (exact) mass is 205 g/mol. The maximum Gasteiger partial charge on any atom is 0.123 e. The number of nitrogen functional groups attached to an aromatic ring is 1. The lowest BCUT2D eigenvalue weighted by Crippen LogP contribution is -1.93. The van der Waals surface area contributed by atoms with Gasteiger partial charge in [0.05, 0.1) is 11.2 Å². The Kier molecular flexibility index (Phi) is 2.45. The van der Waals surface area contributed by atoms with E-state index in [1.54, 1.807) is 17.5 Å². The van der Waals surface area contributed by atoms with Gasteiger partial charge in [0.25, 0.3) is 0 Å². The predicted octanol–water partition coefficient (Wildman–Crippen LogP) is 2.02. The topological polar surface area (TPSA) is 51.8 Å². The number of anilines is 1. The Balaban J connectivity index is 2.23. The Hall–Kier alpha value is -1.42. The Morgan fingerprint density at radius 3 is 2.93 bits per heavy atom. The molecule has 0 aliphatic heterocycles. The molecule has 2 heterocycles. The molecular formula is C10H11N3S. The Bertz CT molecular complexity index is 436. The number of pyridine rings is 1. The minimum absolute atomic E-state index is 0.574. The molecule has 0 bridgehead atoms. The number of hydrogen-bond donors (Lipinski definition) is 1. The van der Waals surface area contributed by atoms with Crippen LogP contribution in [0.1, 0.15) is 16.1 Å². The van der Waals surface area contributed by atoms with Gasteiger partial charge in [0, 0.05) is 17.5 Å². The molecule has 0 radical (unpaired) electrons. The fraction of sp³-hybridized carbons (Fsp3) is 0.200. The maximum absolute atomic E-state index is 5.60. The van der Waals surface area contributed by atoms with Gasteiger partial charge in [0.2, 0.25) is 0 Å². The molecule has 0 fully saturated rings. The molecule has 3 nitrogen and oxygen atoms in total. The molecule has 0 saturated carbocycles.